The predicted octanol–water partition coefficient (Wildman–Crippen LogP) is 5.38. The molecule has 184 valence electrons. The lowest BCUT2D eigenvalue weighted by atomic mass is 10.0. The quantitative estimate of drug-likeness (QED) is 0.342. The van der Waals surface area contributed by atoms with Gasteiger partial charge in [0.2, 0.25) is 0 Å². The Balaban J connectivity index is 1.71. The van der Waals surface area contributed by atoms with Crippen LogP contribution in [0.15, 0.2) is 79.0 Å². The van der Waals surface area contributed by atoms with Crippen LogP contribution >= 0.6 is 12.2 Å². The number of hydrogen-bond donors (Lipinski definition) is 1. The van der Waals surface area contributed by atoms with Crippen molar-refractivity contribution in [2.24, 2.45) is 0 Å². The van der Waals surface area contributed by atoms with Crippen molar-refractivity contribution < 1.29 is 14.2 Å². The van der Waals surface area contributed by atoms with E-state index in [4.69, 9.17) is 26.4 Å². The third kappa shape index (κ3) is 4.13. The maximum absolute atomic E-state index is 5.93. The van der Waals surface area contributed by atoms with Gasteiger partial charge in [-0.25, -0.2) is 0 Å². The number of aromatic nitrogens is 2. The fraction of sp³-hybridized carbons (Fsp3) is 0.214. The topological polar surface area (TPSA) is 60.8 Å². The maximum atomic E-state index is 5.93. The Kier molecular flexibility index (Phi) is 6.52. The highest BCUT2D eigenvalue weighted by molar-refractivity contribution is 7.80. The number of anilines is 1. The first-order valence-corrected chi connectivity index (χ1v) is 12.0. The van der Waals surface area contributed by atoms with Gasteiger partial charge in [0.25, 0.3) is 0 Å². The van der Waals surface area contributed by atoms with Gasteiger partial charge in [0.05, 0.1) is 38.8 Å². The van der Waals surface area contributed by atoms with Crippen molar-refractivity contribution in [3.05, 3.63) is 96.1 Å². The number of hydrogen-bond acceptors (Lipinski definition) is 5. The fourth-order valence-corrected chi connectivity index (χ4v) is 5.11. The molecular weight excluding hydrogens is 472 g/mol. The van der Waals surface area contributed by atoms with Gasteiger partial charge in [-0.3, -0.25) is 4.98 Å². The summed E-state index contributed by atoms with van der Waals surface area (Å²) in [6.45, 7) is 2.10. The first-order chi connectivity index (χ1) is 17.5. The van der Waals surface area contributed by atoms with Crippen molar-refractivity contribution in [3.63, 3.8) is 0 Å². The smallest absolute Gasteiger partial charge is 0.174 e. The van der Waals surface area contributed by atoms with Crippen molar-refractivity contribution in [2.75, 3.05) is 26.2 Å². The number of nitrogens with one attached hydrogen (secondary N) is 1. The van der Waals surface area contributed by atoms with Crippen molar-refractivity contribution in [3.8, 4) is 22.9 Å². The molecule has 5 rings (SSSR count). The van der Waals surface area contributed by atoms with Gasteiger partial charge < -0.3 is 29.0 Å². The van der Waals surface area contributed by atoms with E-state index in [1.807, 2.05) is 48.5 Å². The van der Waals surface area contributed by atoms with E-state index in [1.54, 1.807) is 27.5 Å². The molecule has 1 saturated heterocycles. The molecule has 0 amide bonds. The minimum atomic E-state index is -0.218. The number of benzene rings is 2. The number of thiocarbonyl (C=S) groups is 1. The van der Waals surface area contributed by atoms with Crippen LogP contribution < -0.4 is 24.4 Å². The van der Waals surface area contributed by atoms with Gasteiger partial charge in [0.15, 0.2) is 5.11 Å². The van der Waals surface area contributed by atoms with Gasteiger partial charge in [-0.05, 0) is 79.8 Å². The summed E-state index contributed by atoms with van der Waals surface area (Å²) in [5, 5.41) is 4.11. The van der Waals surface area contributed by atoms with E-state index in [0.717, 1.165) is 40.0 Å². The van der Waals surface area contributed by atoms with Crippen LogP contribution in [0.2, 0.25) is 0 Å². The monoisotopic (exact) mass is 500 g/mol. The Morgan fingerprint density at radius 3 is 2.28 bits per heavy atom. The van der Waals surface area contributed by atoms with Crippen LogP contribution in [0, 0.1) is 6.92 Å². The highest BCUT2D eigenvalue weighted by Crippen LogP contribution is 2.46. The number of methoxy groups -OCH3 is 3. The summed E-state index contributed by atoms with van der Waals surface area (Å²) in [6.07, 6.45) is 1.81. The molecule has 2 aromatic carbocycles. The number of rotatable bonds is 7. The molecular formula is C28H28N4O3S. The van der Waals surface area contributed by atoms with Crippen LogP contribution in [-0.4, -0.2) is 36.0 Å². The molecule has 3 heterocycles. The second-order valence-corrected chi connectivity index (χ2v) is 8.85. The lowest BCUT2D eigenvalue weighted by molar-refractivity contribution is 0.402. The minimum absolute atomic E-state index is 0.194. The average molecular weight is 501 g/mol. The zero-order valence-electron chi connectivity index (χ0n) is 20.6. The first kappa shape index (κ1) is 23.7. The van der Waals surface area contributed by atoms with Crippen LogP contribution in [0.5, 0.6) is 17.2 Å². The Hall–Kier alpha value is -4.04. The van der Waals surface area contributed by atoms with Gasteiger partial charge in [-0.15, -0.1) is 0 Å². The Labute approximate surface area is 216 Å². The van der Waals surface area contributed by atoms with E-state index in [-0.39, 0.29) is 12.1 Å². The third-order valence-corrected chi connectivity index (χ3v) is 6.80. The molecule has 1 N–H and O–H groups in total. The van der Waals surface area contributed by atoms with Gasteiger partial charge >= 0.3 is 0 Å². The van der Waals surface area contributed by atoms with Gasteiger partial charge in [0.1, 0.15) is 23.3 Å². The molecule has 1 fully saturated rings. The van der Waals surface area contributed by atoms with Crippen molar-refractivity contribution in [1.29, 1.82) is 0 Å². The summed E-state index contributed by atoms with van der Waals surface area (Å²) < 4.78 is 18.9. The van der Waals surface area contributed by atoms with Crippen LogP contribution in [-0.2, 0) is 0 Å². The highest BCUT2D eigenvalue weighted by atomic mass is 32.1. The zero-order valence-corrected chi connectivity index (χ0v) is 21.5. The van der Waals surface area contributed by atoms with Crippen molar-refractivity contribution in [1.82, 2.24) is 14.9 Å². The van der Waals surface area contributed by atoms with Crippen LogP contribution in [0.3, 0.4) is 0 Å². The molecule has 7 nitrogen and oxygen atoms in total. The van der Waals surface area contributed by atoms with E-state index < -0.39 is 0 Å². The van der Waals surface area contributed by atoms with E-state index in [9.17, 15) is 0 Å². The second-order valence-electron chi connectivity index (χ2n) is 8.47. The van der Waals surface area contributed by atoms with Crippen molar-refractivity contribution >= 4 is 23.0 Å². The Morgan fingerprint density at radius 1 is 0.861 bits per heavy atom. The molecule has 36 heavy (non-hydrogen) atoms. The zero-order chi connectivity index (χ0) is 25.2. The van der Waals surface area contributed by atoms with Crippen molar-refractivity contribution in [2.45, 2.75) is 19.0 Å². The average Bonchev–Trinajstić information content (AvgIpc) is 3.47. The van der Waals surface area contributed by atoms with E-state index in [0.29, 0.717) is 10.9 Å². The molecule has 0 saturated carbocycles. The minimum Gasteiger partial charge on any atom is -0.497 e. The summed E-state index contributed by atoms with van der Waals surface area (Å²) in [6, 6.07) is 23.6. The summed E-state index contributed by atoms with van der Waals surface area (Å²) in [4.78, 5) is 6.78. The van der Waals surface area contributed by atoms with E-state index in [1.165, 1.54) is 0 Å². The molecule has 0 aliphatic carbocycles. The molecule has 4 aromatic rings. The molecule has 0 bridgehead atoms. The van der Waals surface area contributed by atoms with Crippen LogP contribution in [0.4, 0.5) is 5.69 Å². The number of ether oxygens (including phenoxy) is 3. The van der Waals surface area contributed by atoms with Gasteiger partial charge in [-0.1, -0.05) is 6.07 Å². The molecule has 0 radical (unpaired) electrons. The molecule has 2 aromatic heterocycles. The summed E-state index contributed by atoms with van der Waals surface area (Å²) in [7, 11) is 4.98. The number of aryl methyl sites for hydroxylation is 1. The molecule has 0 unspecified atom stereocenters. The predicted molar refractivity (Wildman–Crippen MR) is 145 cm³/mol. The highest BCUT2D eigenvalue weighted by Gasteiger charge is 2.43. The third-order valence-electron chi connectivity index (χ3n) is 6.48. The molecule has 1 aliphatic heterocycles. The molecule has 2 atom stereocenters. The van der Waals surface area contributed by atoms with Crippen LogP contribution in [0.25, 0.3) is 5.69 Å². The maximum Gasteiger partial charge on any atom is 0.174 e. The lowest BCUT2D eigenvalue weighted by Gasteiger charge is -2.30. The Bertz CT molecular complexity index is 1370. The lowest BCUT2D eigenvalue weighted by Crippen LogP contribution is -2.30. The largest absolute Gasteiger partial charge is 0.497 e. The Morgan fingerprint density at radius 2 is 1.61 bits per heavy atom. The fourth-order valence-electron chi connectivity index (χ4n) is 4.77. The van der Waals surface area contributed by atoms with E-state index >= 15 is 0 Å². The molecule has 8 heteroatoms. The number of nitrogens with zero attached hydrogens (tertiary/aromatic N) is 3. The summed E-state index contributed by atoms with van der Waals surface area (Å²) in [5.74, 6) is 2.23. The SMILES string of the molecule is COc1ccc(-n2c(C)ccc2[C@H]2[C@H](c3ccccn3)NC(=S)N2c2cc(OC)ccc2OC)cc1. The summed E-state index contributed by atoms with van der Waals surface area (Å²) >= 11 is 5.93. The van der Waals surface area contributed by atoms with Gasteiger partial charge in [-0.2, -0.15) is 0 Å². The van der Waals surface area contributed by atoms with E-state index in [2.05, 4.69) is 51.0 Å². The normalized spacial score (nSPS) is 17.1. The number of pyridine rings is 1. The first-order valence-electron chi connectivity index (χ1n) is 11.6. The summed E-state index contributed by atoms with van der Waals surface area (Å²) in [5.41, 5.74) is 4.91. The second kappa shape index (κ2) is 9.91. The molecule has 0 spiro atoms. The van der Waals surface area contributed by atoms with Gasteiger partial charge in [0, 0.05) is 29.3 Å². The standard InChI is InChI=1S/C28H28N4O3S/c1-18-8-14-23(31(18)19-9-11-20(33-2)12-10-19)27-26(22-7-5-6-16-29-22)30-28(36)32(27)24-17-21(34-3)13-15-25(24)35-4/h5-17,26-27H,1-4H3,(H,30,36)/t26-,27-/m0/s1. The van der Waals surface area contributed by atoms with Crippen LogP contribution in [0.1, 0.15) is 29.2 Å². The molecule has 1 aliphatic rings.